The Labute approximate surface area is 87.5 Å². The Kier molecular flexibility index (Phi) is 2.09. The zero-order valence-corrected chi connectivity index (χ0v) is 8.80. The molecule has 76 valence electrons. The molecule has 0 amide bonds. The van der Waals surface area contributed by atoms with Gasteiger partial charge in [0.05, 0.1) is 6.61 Å². The van der Waals surface area contributed by atoms with E-state index in [0.29, 0.717) is 6.04 Å². The lowest BCUT2D eigenvalue weighted by Crippen LogP contribution is -2.39. The van der Waals surface area contributed by atoms with E-state index in [2.05, 4.69) is 16.3 Å². The lowest BCUT2D eigenvalue weighted by molar-refractivity contribution is 0.0181. The maximum atomic E-state index is 5.89. The summed E-state index contributed by atoms with van der Waals surface area (Å²) in [6.45, 7) is 1.75. The Balaban J connectivity index is 1.87. The monoisotopic (exact) mass is 210 g/mol. The summed E-state index contributed by atoms with van der Waals surface area (Å²) in [4.78, 5) is 3.79. The summed E-state index contributed by atoms with van der Waals surface area (Å²) in [5.74, 6) is 0. The Morgan fingerprint density at radius 3 is 3.29 bits per heavy atom. The minimum absolute atomic E-state index is 0.187. The molecule has 1 aliphatic carbocycles. The standard InChI is InChI=1S/C10H14N2OS/c11-10-12(4-5-13-10)8-2-1-7-3-6-14-9(7)8/h3,6,8,10H,1-2,4-5,11H2. The summed E-state index contributed by atoms with van der Waals surface area (Å²) < 4.78 is 5.38. The first-order chi connectivity index (χ1) is 6.86. The van der Waals surface area contributed by atoms with E-state index in [-0.39, 0.29) is 6.35 Å². The van der Waals surface area contributed by atoms with Gasteiger partial charge in [-0.15, -0.1) is 11.3 Å². The first kappa shape index (κ1) is 8.85. The second-order valence-corrected chi connectivity index (χ2v) is 4.81. The summed E-state index contributed by atoms with van der Waals surface area (Å²) in [5.41, 5.74) is 7.41. The zero-order chi connectivity index (χ0) is 9.54. The molecule has 0 aromatic carbocycles. The van der Waals surface area contributed by atoms with Gasteiger partial charge in [-0.05, 0) is 29.9 Å². The molecule has 3 rings (SSSR count). The lowest BCUT2D eigenvalue weighted by atomic mass is 10.2. The Bertz CT molecular complexity index is 339. The number of nitrogens with zero attached hydrogens (tertiary/aromatic N) is 1. The third-order valence-corrected chi connectivity index (χ3v) is 4.20. The molecule has 3 nitrogen and oxygen atoms in total. The van der Waals surface area contributed by atoms with Crippen molar-refractivity contribution in [3.63, 3.8) is 0 Å². The van der Waals surface area contributed by atoms with Gasteiger partial charge >= 0.3 is 0 Å². The summed E-state index contributed by atoms with van der Waals surface area (Å²) in [5, 5.41) is 2.18. The fourth-order valence-corrected chi connectivity index (χ4v) is 3.53. The predicted molar refractivity (Wildman–Crippen MR) is 56.0 cm³/mol. The molecule has 0 bridgehead atoms. The number of hydrogen-bond acceptors (Lipinski definition) is 4. The fourth-order valence-electron chi connectivity index (χ4n) is 2.42. The van der Waals surface area contributed by atoms with E-state index in [4.69, 9.17) is 10.5 Å². The predicted octanol–water partition coefficient (Wildman–Crippen LogP) is 1.31. The van der Waals surface area contributed by atoms with Crippen LogP contribution in [0.3, 0.4) is 0 Å². The quantitative estimate of drug-likeness (QED) is 0.759. The average Bonchev–Trinajstić information content (AvgIpc) is 2.78. The van der Waals surface area contributed by atoms with Crippen LogP contribution in [0.4, 0.5) is 0 Å². The Morgan fingerprint density at radius 2 is 2.50 bits per heavy atom. The molecule has 1 fully saturated rings. The highest BCUT2D eigenvalue weighted by molar-refractivity contribution is 7.10. The van der Waals surface area contributed by atoms with Gasteiger partial charge in [-0.25, -0.2) is 0 Å². The maximum Gasteiger partial charge on any atom is 0.164 e. The van der Waals surface area contributed by atoms with Gasteiger partial charge in [0.15, 0.2) is 6.35 Å². The van der Waals surface area contributed by atoms with Crippen LogP contribution in [0.15, 0.2) is 11.4 Å². The fraction of sp³-hybridized carbons (Fsp3) is 0.600. The highest BCUT2D eigenvalue weighted by atomic mass is 32.1. The SMILES string of the molecule is NC1OCCN1C1CCc2ccsc21. The Hall–Kier alpha value is -0.420. The smallest absolute Gasteiger partial charge is 0.164 e. The van der Waals surface area contributed by atoms with Crippen molar-refractivity contribution < 1.29 is 4.74 Å². The summed E-state index contributed by atoms with van der Waals surface area (Å²) in [6.07, 6.45) is 2.22. The molecule has 0 radical (unpaired) electrons. The van der Waals surface area contributed by atoms with Crippen molar-refractivity contribution in [1.82, 2.24) is 4.90 Å². The average molecular weight is 210 g/mol. The molecule has 4 heteroatoms. The van der Waals surface area contributed by atoms with Crippen molar-refractivity contribution in [3.8, 4) is 0 Å². The van der Waals surface area contributed by atoms with Crippen molar-refractivity contribution in [2.24, 2.45) is 5.73 Å². The topological polar surface area (TPSA) is 38.5 Å². The van der Waals surface area contributed by atoms with E-state index in [9.17, 15) is 0 Å². The molecular weight excluding hydrogens is 196 g/mol. The number of thiophene rings is 1. The van der Waals surface area contributed by atoms with E-state index in [1.807, 2.05) is 11.3 Å². The van der Waals surface area contributed by atoms with Gasteiger partial charge in [0.2, 0.25) is 0 Å². The van der Waals surface area contributed by atoms with Gasteiger partial charge in [0, 0.05) is 17.5 Å². The van der Waals surface area contributed by atoms with Crippen LogP contribution in [0, 0.1) is 0 Å². The number of nitrogens with two attached hydrogens (primary N) is 1. The van der Waals surface area contributed by atoms with Crippen LogP contribution >= 0.6 is 11.3 Å². The van der Waals surface area contributed by atoms with Gasteiger partial charge in [-0.1, -0.05) is 0 Å². The molecule has 2 unspecified atom stereocenters. The number of hydrogen-bond donors (Lipinski definition) is 1. The molecule has 1 saturated heterocycles. The van der Waals surface area contributed by atoms with Crippen LogP contribution in [-0.4, -0.2) is 24.4 Å². The van der Waals surface area contributed by atoms with E-state index >= 15 is 0 Å². The summed E-state index contributed by atoms with van der Waals surface area (Å²) >= 11 is 1.86. The van der Waals surface area contributed by atoms with Gasteiger partial charge in [-0.2, -0.15) is 0 Å². The zero-order valence-electron chi connectivity index (χ0n) is 7.98. The van der Waals surface area contributed by atoms with Crippen LogP contribution in [0.1, 0.15) is 22.9 Å². The molecular formula is C10H14N2OS. The minimum Gasteiger partial charge on any atom is -0.349 e. The molecule has 0 saturated carbocycles. The molecule has 1 aromatic rings. The van der Waals surface area contributed by atoms with Crippen LogP contribution in [0.2, 0.25) is 0 Å². The molecule has 14 heavy (non-hydrogen) atoms. The van der Waals surface area contributed by atoms with Crippen LogP contribution in [0.5, 0.6) is 0 Å². The van der Waals surface area contributed by atoms with Crippen molar-refractivity contribution in [2.45, 2.75) is 25.2 Å². The van der Waals surface area contributed by atoms with Crippen LogP contribution in [-0.2, 0) is 11.2 Å². The molecule has 1 aliphatic heterocycles. The van der Waals surface area contributed by atoms with Crippen molar-refractivity contribution in [1.29, 1.82) is 0 Å². The highest BCUT2D eigenvalue weighted by Crippen LogP contribution is 2.40. The Morgan fingerprint density at radius 1 is 1.57 bits per heavy atom. The van der Waals surface area contributed by atoms with Gasteiger partial charge in [-0.3, -0.25) is 10.6 Å². The molecule has 1 aromatic heterocycles. The van der Waals surface area contributed by atoms with E-state index < -0.39 is 0 Å². The third kappa shape index (κ3) is 1.22. The molecule has 2 N–H and O–H groups in total. The molecule has 2 aliphatic rings. The second-order valence-electron chi connectivity index (χ2n) is 3.86. The normalized spacial score (nSPS) is 32.4. The third-order valence-electron chi connectivity index (χ3n) is 3.14. The van der Waals surface area contributed by atoms with E-state index in [1.165, 1.54) is 23.3 Å². The lowest BCUT2D eigenvalue weighted by Gasteiger charge is -2.25. The second kappa shape index (κ2) is 3.31. The van der Waals surface area contributed by atoms with Crippen molar-refractivity contribution in [3.05, 3.63) is 21.9 Å². The van der Waals surface area contributed by atoms with Crippen LogP contribution < -0.4 is 5.73 Å². The van der Waals surface area contributed by atoms with Gasteiger partial charge in [0.25, 0.3) is 0 Å². The van der Waals surface area contributed by atoms with E-state index in [0.717, 1.165) is 13.2 Å². The first-order valence-corrected chi connectivity index (χ1v) is 5.93. The maximum absolute atomic E-state index is 5.89. The summed E-state index contributed by atoms with van der Waals surface area (Å²) in [6, 6.07) is 2.75. The highest BCUT2D eigenvalue weighted by Gasteiger charge is 2.34. The molecule has 2 atom stereocenters. The van der Waals surface area contributed by atoms with Crippen LogP contribution in [0.25, 0.3) is 0 Å². The van der Waals surface area contributed by atoms with Gasteiger partial charge < -0.3 is 4.74 Å². The molecule has 0 spiro atoms. The minimum atomic E-state index is -0.187. The van der Waals surface area contributed by atoms with Crippen molar-refractivity contribution >= 4 is 11.3 Å². The summed E-state index contributed by atoms with van der Waals surface area (Å²) in [7, 11) is 0. The molecule has 2 heterocycles. The number of rotatable bonds is 1. The van der Waals surface area contributed by atoms with Gasteiger partial charge in [0.1, 0.15) is 0 Å². The number of aryl methyl sites for hydroxylation is 1. The van der Waals surface area contributed by atoms with Crippen molar-refractivity contribution in [2.75, 3.05) is 13.2 Å². The largest absolute Gasteiger partial charge is 0.349 e. The first-order valence-electron chi connectivity index (χ1n) is 5.05. The number of fused-ring (bicyclic) bond motifs is 1. The van der Waals surface area contributed by atoms with E-state index in [1.54, 1.807) is 0 Å². The number of ether oxygens (including phenoxy) is 1.